The first-order chi connectivity index (χ1) is 10.1. The topological polar surface area (TPSA) is 38.3 Å². The first kappa shape index (κ1) is 13.5. The SMILES string of the molecule is O=C(N[C@H]1CCOc2ccccc21)c1ccc(F)cc1F. The van der Waals surface area contributed by atoms with Gasteiger partial charge in [0.25, 0.3) is 5.91 Å². The van der Waals surface area contributed by atoms with Gasteiger partial charge in [-0.1, -0.05) is 18.2 Å². The summed E-state index contributed by atoms with van der Waals surface area (Å²) in [6.45, 7) is 0.480. The first-order valence-electron chi connectivity index (χ1n) is 6.63. The van der Waals surface area contributed by atoms with Gasteiger partial charge in [0, 0.05) is 18.1 Å². The lowest BCUT2D eigenvalue weighted by atomic mass is 10.00. The maximum Gasteiger partial charge on any atom is 0.254 e. The molecule has 1 amide bonds. The Hall–Kier alpha value is -2.43. The molecule has 0 fully saturated rings. The third kappa shape index (κ3) is 2.72. The van der Waals surface area contributed by atoms with Gasteiger partial charge in [0.15, 0.2) is 0 Å². The summed E-state index contributed by atoms with van der Waals surface area (Å²) in [5, 5.41) is 2.77. The highest BCUT2D eigenvalue weighted by atomic mass is 19.1. The molecule has 0 saturated heterocycles. The maximum atomic E-state index is 13.6. The van der Waals surface area contributed by atoms with E-state index >= 15 is 0 Å². The van der Waals surface area contributed by atoms with E-state index in [0.29, 0.717) is 24.8 Å². The first-order valence-corrected chi connectivity index (χ1v) is 6.63. The largest absolute Gasteiger partial charge is 0.493 e. The standard InChI is InChI=1S/C16H13F2NO2/c17-10-5-6-11(13(18)9-10)16(20)19-14-7-8-21-15-4-2-1-3-12(14)15/h1-6,9,14H,7-8H2,(H,19,20)/t14-/m0/s1. The van der Waals surface area contributed by atoms with Crippen molar-refractivity contribution in [1.29, 1.82) is 0 Å². The summed E-state index contributed by atoms with van der Waals surface area (Å²) in [5.41, 5.74) is 0.694. The van der Waals surface area contributed by atoms with Crippen molar-refractivity contribution in [3.8, 4) is 5.75 Å². The van der Waals surface area contributed by atoms with Crippen molar-refractivity contribution < 1.29 is 18.3 Å². The van der Waals surface area contributed by atoms with Gasteiger partial charge in [-0.3, -0.25) is 4.79 Å². The average Bonchev–Trinajstić information content (AvgIpc) is 2.47. The monoisotopic (exact) mass is 289 g/mol. The molecule has 0 spiro atoms. The van der Waals surface area contributed by atoms with E-state index in [4.69, 9.17) is 4.74 Å². The van der Waals surface area contributed by atoms with Crippen molar-refractivity contribution in [3.63, 3.8) is 0 Å². The number of nitrogens with one attached hydrogen (secondary N) is 1. The molecular weight excluding hydrogens is 276 g/mol. The van der Waals surface area contributed by atoms with E-state index in [0.717, 1.165) is 17.7 Å². The van der Waals surface area contributed by atoms with Gasteiger partial charge >= 0.3 is 0 Å². The minimum atomic E-state index is -0.868. The van der Waals surface area contributed by atoms with Gasteiger partial charge in [0.2, 0.25) is 0 Å². The molecule has 0 aliphatic carbocycles. The molecule has 0 radical (unpaired) electrons. The van der Waals surface area contributed by atoms with Gasteiger partial charge in [0.1, 0.15) is 17.4 Å². The highest BCUT2D eigenvalue weighted by molar-refractivity contribution is 5.94. The number of ether oxygens (including phenoxy) is 1. The van der Waals surface area contributed by atoms with Crippen LogP contribution < -0.4 is 10.1 Å². The van der Waals surface area contributed by atoms with E-state index in [1.54, 1.807) is 0 Å². The third-order valence-electron chi connectivity index (χ3n) is 3.44. The molecule has 3 rings (SSSR count). The van der Waals surface area contributed by atoms with E-state index in [-0.39, 0.29) is 11.6 Å². The number of rotatable bonds is 2. The van der Waals surface area contributed by atoms with E-state index in [2.05, 4.69) is 5.32 Å². The van der Waals surface area contributed by atoms with Crippen molar-refractivity contribution in [1.82, 2.24) is 5.32 Å². The highest BCUT2D eigenvalue weighted by Gasteiger charge is 2.24. The number of fused-ring (bicyclic) bond motifs is 1. The number of hydrogen-bond donors (Lipinski definition) is 1. The Morgan fingerprint density at radius 3 is 2.81 bits per heavy atom. The molecule has 1 atom stereocenters. The quantitative estimate of drug-likeness (QED) is 0.922. The molecule has 5 heteroatoms. The number of carbonyl (C=O) groups excluding carboxylic acids is 1. The summed E-state index contributed by atoms with van der Waals surface area (Å²) >= 11 is 0. The van der Waals surface area contributed by atoms with Gasteiger partial charge in [-0.2, -0.15) is 0 Å². The van der Waals surface area contributed by atoms with Crippen molar-refractivity contribution in [2.45, 2.75) is 12.5 Å². The highest BCUT2D eigenvalue weighted by Crippen LogP contribution is 2.31. The molecule has 2 aromatic rings. The Morgan fingerprint density at radius 1 is 1.19 bits per heavy atom. The Kier molecular flexibility index (Phi) is 3.56. The van der Waals surface area contributed by atoms with Crippen LogP contribution in [0.5, 0.6) is 5.75 Å². The molecule has 0 saturated carbocycles. The normalized spacial score (nSPS) is 16.8. The predicted octanol–water partition coefficient (Wildman–Crippen LogP) is 3.22. The lowest BCUT2D eigenvalue weighted by molar-refractivity contribution is 0.0920. The molecule has 2 aromatic carbocycles. The van der Waals surface area contributed by atoms with Crippen LogP contribution in [-0.2, 0) is 0 Å². The van der Waals surface area contributed by atoms with Gasteiger partial charge < -0.3 is 10.1 Å². The smallest absolute Gasteiger partial charge is 0.254 e. The molecule has 108 valence electrons. The Morgan fingerprint density at radius 2 is 2.00 bits per heavy atom. The number of benzene rings is 2. The fourth-order valence-corrected chi connectivity index (χ4v) is 2.40. The van der Waals surface area contributed by atoms with E-state index in [1.807, 2.05) is 24.3 Å². The summed E-state index contributed by atoms with van der Waals surface area (Å²) in [4.78, 5) is 12.1. The Bertz CT molecular complexity index is 688. The third-order valence-corrected chi connectivity index (χ3v) is 3.44. The van der Waals surface area contributed by atoms with Crippen molar-refractivity contribution in [3.05, 3.63) is 65.2 Å². The van der Waals surface area contributed by atoms with Crippen LogP contribution in [-0.4, -0.2) is 12.5 Å². The number of amides is 1. The summed E-state index contributed by atoms with van der Waals surface area (Å²) < 4.78 is 32.0. The zero-order valence-corrected chi connectivity index (χ0v) is 11.1. The molecular formula is C16H13F2NO2. The molecule has 1 aliphatic heterocycles. The van der Waals surface area contributed by atoms with Crippen molar-refractivity contribution in [2.24, 2.45) is 0 Å². The zero-order chi connectivity index (χ0) is 14.8. The summed E-state index contributed by atoms with van der Waals surface area (Å²) in [6, 6.07) is 10.1. The zero-order valence-electron chi connectivity index (χ0n) is 11.1. The van der Waals surface area contributed by atoms with Crippen LogP contribution in [0.3, 0.4) is 0 Å². The van der Waals surface area contributed by atoms with Crippen LogP contribution in [0.15, 0.2) is 42.5 Å². The predicted molar refractivity (Wildman–Crippen MR) is 73.1 cm³/mol. The number of hydrogen-bond acceptors (Lipinski definition) is 2. The van der Waals surface area contributed by atoms with Gasteiger partial charge in [-0.15, -0.1) is 0 Å². The Balaban J connectivity index is 1.83. The van der Waals surface area contributed by atoms with Crippen LogP contribution >= 0.6 is 0 Å². The van der Waals surface area contributed by atoms with E-state index in [9.17, 15) is 13.6 Å². The maximum absolute atomic E-state index is 13.6. The van der Waals surface area contributed by atoms with E-state index in [1.165, 1.54) is 0 Å². The molecule has 3 nitrogen and oxygen atoms in total. The van der Waals surface area contributed by atoms with E-state index < -0.39 is 17.5 Å². The lowest BCUT2D eigenvalue weighted by Crippen LogP contribution is -2.32. The van der Waals surface area contributed by atoms with Crippen LogP contribution in [0.4, 0.5) is 8.78 Å². The minimum absolute atomic E-state index is 0.166. The second-order valence-corrected chi connectivity index (χ2v) is 4.83. The second kappa shape index (κ2) is 5.52. The summed E-state index contributed by atoms with van der Waals surface area (Å²) in [7, 11) is 0. The fraction of sp³-hybridized carbons (Fsp3) is 0.188. The van der Waals surface area contributed by atoms with Crippen LogP contribution in [0.25, 0.3) is 0 Å². The number of para-hydroxylation sites is 1. The number of carbonyl (C=O) groups is 1. The minimum Gasteiger partial charge on any atom is -0.493 e. The summed E-state index contributed by atoms with van der Waals surface area (Å²) in [5.74, 6) is -1.42. The molecule has 1 aliphatic rings. The molecule has 0 unspecified atom stereocenters. The lowest BCUT2D eigenvalue weighted by Gasteiger charge is -2.26. The molecule has 1 N–H and O–H groups in total. The molecule has 21 heavy (non-hydrogen) atoms. The average molecular weight is 289 g/mol. The number of halogens is 2. The Labute approximate surface area is 120 Å². The molecule has 1 heterocycles. The second-order valence-electron chi connectivity index (χ2n) is 4.83. The van der Waals surface area contributed by atoms with Gasteiger partial charge in [-0.25, -0.2) is 8.78 Å². The van der Waals surface area contributed by atoms with Gasteiger partial charge in [0.05, 0.1) is 18.2 Å². The van der Waals surface area contributed by atoms with Crippen molar-refractivity contribution >= 4 is 5.91 Å². The van der Waals surface area contributed by atoms with Crippen molar-refractivity contribution in [2.75, 3.05) is 6.61 Å². The van der Waals surface area contributed by atoms with Gasteiger partial charge in [-0.05, 0) is 18.2 Å². The fourth-order valence-electron chi connectivity index (χ4n) is 2.40. The molecule has 0 aromatic heterocycles. The van der Waals surface area contributed by atoms with Crippen LogP contribution in [0.2, 0.25) is 0 Å². The van der Waals surface area contributed by atoms with Crippen LogP contribution in [0.1, 0.15) is 28.4 Å². The molecule has 0 bridgehead atoms. The summed E-state index contributed by atoms with van der Waals surface area (Å²) in [6.07, 6.45) is 0.603. The van der Waals surface area contributed by atoms with Crippen LogP contribution in [0, 0.1) is 11.6 Å².